The van der Waals surface area contributed by atoms with Crippen molar-refractivity contribution in [3.8, 4) is 0 Å². The molecule has 1 unspecified atom stereocenters. The summed E-state index contributed by atoms with van der Waals surface area (Å²) in [6.07, 6.45) is 5.81. The third-order valence-corrected chi connectivity index (χ3v) is 3.42. The van der Waals surface area contributed by atoms with E-state index in [0.717, 1.165) is 5.76 Å². The maximum atomic E-state index is 11.7. The predicted octanol–water partition coefficient (Wildman–Crippen LogP) is 1.04. The highest BCUT2D eigenvalue weighted by Crippen LogP contribution is 2.32. The number of carbonyl (C=O) groups is 1. The molecule has 2 aliphatic heterocycles. The highest BCUT2D eigenvalue weighted by Gasteiger charge is 2.30. The number of anilines is 1. The maximum absolute atomic E-state index is 11.7. The van der Waals surface area contributed by atoms with Gasteiger partial charge in [-0.2, -0.15) is 0 Å². The zero-order valence-corrected chi connectivity index (χ0v) is 11.3. The Bertz CT molecular complexity index is 677. The van der Waals surface area contributed by atoms with E-state index < -0.39 is 5.97 Å². The van der Waals surface area contributed by atoms with Crippen LogP contribution in [0.15, 0.2) is 33.9 Å². The molecule has 3 heterocycles. The quantitative estimate of drug-likeness (QED) is 0.790. The summed E-state index contributed by atoms with van der Waals surface area (Å²) in [6.45, 7) is 0.907. The summed E-state index contributed by atoms with van der Waals surface area (Å²) >= 11 is 0. The van der Waals surface area contributed by atoms with Gasteiger partial charge in [-0.05, 0) is 12.5 Å². The molecule has 3 rings (SSSR count). The van der Waals surface area contributed by atoms with Crippen LogP contribution in [0.4, 0.5) is 11.5 Å². The number of pyridine rings is 1. The fourth-order valence-corrected chi connectivity index (χ4v) is 2.43. The van der Waals surface area contributed by atoms with Gasteiger partial charge in [-0.25, -0.2) is 0 Å². The van der Waals surface area contributed by atoms with Crippen molar-refractivity contribution in [2.24, 2.45) is 4.99 Å². The van der Waals surface area contributed by atoms with E-state index in [1.54, 1.807) is 12.4 Å². The minimum atomic E-state index is -0.824. The summed E-state index contributed by atoms with van der Waals surface area (Å²) < 4.78 is 5.59. The molecule has 2 aliphatic rings. The zero-order chi connectivity index (χ0) is 14.8. The molecule has 21 heavy (non-hydrogen) atoms. The second-order valence-electron chi connectivity index (χ2n) is 4.91. The molecular weight excluding hydrogens is 274 g/mol. The molecule has 110 valence electrons. The first kappa shape index (κ1) is 13.4. The fraction of sp³-hybridized carbons (Fsp3) is 0.357. The van der Waals surface area contributed by atoms with E-state index in [1.807, 2.05) is 11.0 Å². The summed E-state index contributed by atoms with van der Waals surface area (Å²) in [5.74, 6) is 0.639. The van der Waals surface area contributed by atoms with Crippen LogP contribution in [0.5, 0.6) is 0 Å². The van der Waals surface area contributed by atoms with Crippen LogP contribution in [0.2, 0.25) is 0 Å². The number of carboxylic acid groups (broad SMARTS) is 1. The molecule has 1 atom stereocenters. The predicted molar refractivity (Wildman–Crippen MR) is 77.3 cm³/mol. The van der Waals surface area contributed by atoms with Gasteiger partial charge in [0.25, 0.3) is 0 Å². The average Bonchev–Trinajstić information content (AvgIpc) is 2.87. The smallest absolute Gasteiger partial charge is 0.303 e. The Kier molecular flexibility index (Phi) is 3.47. The van der Waals surface area contributed by atoms with Gasteiger partial charge in [-0.3, -0.25) is 14.6 Å². The second kappa shape index (κ2) is 5.43. The SMILES string of the molecule is O=C(O)CCCOC1=CC2C=Nc3c([nH]ccc3=O)N2C1. The van der Waals surface area contributed by atoms with Crippen LogP contribution in [0.1, 0.15) is 12.8 Å². The number of rotatable bonds is 5. The molecule has 0 aliphatic carbocycles. The lowest BCUT2D eigenvalue weighted by Gasteiger charge is -2.27. The third-order valence-electron chi connectivity index (χ3n) is 3.42. The largest absolute Gasteiger partial charge is 0.496 e. The molecule has 1 aromatic heterocycles. The number of aromatic amines is 1. The summed E-state index contributed by atoms with van der Waals surface area (Å²) in [4.78, 5) is 31.4. The summed E-state index contributed by atoms with van der Waals surface area (Å²) in [7, 11) is 0. The highest BCUT2D eigenvalue weighted by atomic mass is 16.5. The first-order chi connectivity index (χ1) is 10.1. The molecule has 7 heteroatoms. The van der Waals surface area contributed by atoms with Crippen LogP contribution >= 0.6 is 0 Å². The van der Waals surface area contributed by atoms with Gasteiger partial charge in [0.15, 0.2) is 5.69 Å². The first-order valence-corrected chi connectivity index (χ1v) is 6.73. The molecule has 0 aromatic carbocycles. The number of nitrogens with zero attached hydrogens (tertiary/aromatic N) is 2. The third kappa shape index (κ3) is 2.67. The van der Waals surface area contributed by atoms with Gasteiger partial charge >= 0.3 is 5.97 Å². The molecule has 0 saturated carbocycles. The number of aliphatic carboxylic acids is 1. The Morgan fingerprint density at radius 1 is 1.57 bits per heavy atom. The summed E-state index contributed by atoms with van der Waals surface area (Å²) in [5, 5.41) is 8.58. The number of hydrogen-bond donors (Lipinski definition) is 2. The van der Waals surface area contributed by atoms with Crippen LogP contribution < -0.4 is 10.3 Å². The number of carboxylic acids is 1. The Morgan fingerprint density at radius 3 is 3.24 bits per heavy atom. The molecule has 1 aromatic rings. The monoisotopic (exact) mass is 289 g/mol. The van der Waals surface area contributed by atoms with Gasteiger partial charge < -0.3 is 19.7 Å². The van der Waals surface area contributed by atoms with E-state index in [9.17, 15) is 9.59 Å². The molecule has 2 N–H and O–H groups in total. The van der Waals surface area contributed by atoms with Crippen molar-refractivity contribution in [1.82, 2.24) is 4.98 Å². The standard InChI is InChI=1S/C14H15N3O4/c18-11-3-4-15-14-13(11)16-7-9-6-10(8-17(9)14)21-5-1-2-12(19)20/h3-4,6-7,9H,1-2,5,8H2,(H,15,18)(H,19,20). The van der Waals surface area contributed by atoms with Crippen molar-refractivity contribution < 1.29 is 14.6 Å². The Balaban J connectivity index is 1.66. The lowest BCUT2D eigenvalue weighted by Crippen LogP contribution is -2.35. The van der Waals surface area contributed by atoms with Crippen molar-refractivity contribution in [2.75, 3.05) is 18.1 Å². The van der Waals surface area contributed by atoms with E-state index in [4.69, 9.17) is 9.84 Å². The van der Waals surface area contributed by atoms with Gasteiger partial charge in [0.2, 0.25) is 5.43 Å². The highest BCUT2D eigenvalue weighted by molar-refractivity contribution is 5.85. The molecular formula is C14H15N3O4. The number of aliphatic imine (C=N–C) groups is 1. The molecule has 0 saturated heterocycles. The van der Waals surface area contributed by atoms with E-state index in [2.05, 4.69) is 9.98 Å². The molecule has 0 radical (unpaired) electrons. The van der Waals surface area contributed by atoms with Gasteiger partial charge in [0.05, 0.1) is 19.2 Å². The van der Waals surface area contributed by atoms with Crippen molar-refractivity contribution in [1.29, 1.82) is 0 Å². The lowest BCUT2D eigenvalue weighted by molar-refractivity contribution is -0.137. The average molecular weight is 289 g/mol. The molecule has 0 fully saturated rings. The maximum Gasteiger partial charge on any atom is 0.303 e. The van der Waals surface area contributed by atoms with Crippen molar-refractivity contribution in [3.63, 3.8) is 0 Å². The van der Waals surface area contributed by atoms with Crippen LogP contribution in [0.3, 0.4) is 0 Å². The number of aromatic nitrogens is 1. The van der Waals surface area contributed by atoms with Crippen LogP contribution in [0.25, 0.3) is 0 Å². The number of H-pyrrole nitrogens is 1. The summed E-state index contributed by atoms with van der Waals surface area (Å²) in [5.41, 5.74) is 0.295. The van der Waals surface area contributed by atoms with Gasteiger partial charge in [-0.15, -0.1) is 0 Å². The fourth-order valence-electron chi connectivity index (χ4n) is 2.43. The summed E-state index contributed by atoms with van der Waals surface area (Å²) in [6, 6.07) is 1.41. The van der Waals surface area contributed by atoms with Crippen molar-refractivity contribution in [3.05, 3.63) is 34.3 Å². The van der Waals surface area contributed by atoms with E-state index >= 15 is 0 Å². The second-order valence-corrected chi connectivity index (χ2v) is 4.91. The normalized spacial score (nSPS) is 19.0. The number of fused-ring (bicyclic) bond motifs is 3. The first-order valence-electron chi connectivity index (χ1n) is 6.73. The van der Waals surface area contributed by atoms with Crippen LogP contribution in [-0.4, -0.2) is 41.5 Å². The minimum Gasteiger partial charge on any atom is -0.496 e. The van der Waals surface area contributed by atoms with Gasteiger partial charge in [-0.1, -0.05) is 0 Å². The van der Waals surface area contributed by atoms with E-state index in [-0.39, 0.29) is 17.9 Å². The minimum absolute atomic E-state index is 0.0370. The van der Waals surface area contributed by atoms with Gasteiger partial charge in [0.1, 0.15) is 11.6 Å². The van der Waals surface area contributed by atoms with Crippen molar-refractivity contribution >= 4 is 23.7 Å². The number of nitrogens with one attached hydrogen (secondary N) is 1. The molecule has 0 spiro atoms. The van der Waals surface area contributed by atoms with Crippen LogP contribution in [-0.2, 0) is 9.53 Å². The van der Waals surface area contributed by atoms with Gasteiger partial charge in [0, 0.05) is 24.9 Å². The number of hydrogen-bond acceptors (Lipinski definition) is 5. The van der Waals surface area contributed by atoms with E-state index in [1.165, 1.54) is 6.07 Å². The zero-order valence-electron chi connectivity index (χ0n) is 11.3. The topological polar surface area (TPSA) is 95.0 Å². The Hall–Kier alpha value is -2.57. The van der Waals surface area contributed by atoms with E-state index in [0.29, 0.717) is 31.1 Å². The molecule has 0 bridgehead atoms. The Labute approximate surface area is 120 Å². The Morgan fingerprint density at radius 2 is 2.43 bits per heavy atom. The van der Waals surface area contributed by atoms with Crippen LogP contribution in [0, 0.1) is 0 Å². The van der Waals surface area contributed by atoms with Crippen molar-refractivity contribution in [2.45, 2.75) is 18.9 Å². The lowest BCUT2D eigenvalue weighted by atomic mass is 10.2. The number of ether oxygens (including phenoxy) is 1. The molecule has 0 amide bonds. The molecule has 7 nitrogen and oxygen atoms in total.